The van der Waals surface area contributed by atoms with Gasteiger partial charge in [0.2, 0.25) is 5.91 Å². The number of rotatable bonds is 4. The third-order valence-electron chi connectivity index (χ3n) is 2.18. The van der Waals surface area contributed by atoms with Gasteiger partial charge in [-0.25, -0.2) is 0 Å². The third-order valence-corrected chi connectivity index (χ3v) is 2.18. The molecule has 0 bridgehead atoms. The van der Waals surface area contributed by atoms with E-state index in [2.05, 4.69) is 10.6 Å². The maximum Gasteiger partial charge on any atom is 0.245 e. The molecular formula is C7H14FN3O2. The van der Waals surface area contributed by atoms with Crippen molar-refractivity contribution in [2.75, 3.05) is 26.2 Å². The highest BCUT2D eigenvalue weighted by atomic mass is 19.2. The molecule has 1 rings (SSSR count). The molecule has 0 aliphatic carbocycles. The summed E-state index contributed by atoms with van der Waals surface area (Å²) < 4.78 is 12.1. The summed E-state index contributed by atoms with van der Waals surface area (Å²) in [4.78, 5) is 10.7. The second kappa shape index (κ2) is 5.11. The smallest absolute Gasteiger partial charge is 0.245 e. The Balaban J connectivity index is 2.23. The minimum Gasteiger partial charge on any atom is -0.387 e. The standard InChI is InChI=1S/C7H14FN3O2/c8-11-6-3-9-1-5(6)2-10-7(13)4-12/h5-6,9,11-12H,1-4H2,(H,10,13). The highest BCUT2D eigenvalue weighted by Crippen LogP contribution is 2.07. The van der Waals surface area contributed by atoms with Gasteiger partial charge in [-0.3, -0.25) is 4.79 Å². The molecular weight excluding hydrogens is 177 g/mol. The first kappa shape index (κ1) is 10.4. The van der Waals surface area contributed by atoms with Crippen molar-refractivity contribution >= 4 is 5.91 Å². The predicted molar refractivity (Wildman–Crippen MR) is 44.5 cm³/mol. The van der Waals surface area contributed by atoms with E-state index in [-0.39, 0.29) is 12.0 Å². The monoisotopic (exact) mass is 191 g/mol. The number of hydrogen-bond donors (Lipinski definition) is 4. The van der Waals surface area contributed by atoms with Crippen LogP contribution in [0, 0.1) is 5.92 Å². The van der Waals surface area contributed by atoms with E-state index >= 15 is 0 Å². The Hall–Kier alpha value is -0.720. The van der Waals surface area contributed by atoms with Gasteiger partial charge in [0.25, 0.3) is 0 Å². The molecule has 13 heavy (non-hydrogen) atoms. The molecule has 0 aromatic carbocycles. The number of aliphatic hydroxyl groups excluding tert-OH is 1. The van der Waals surface area contributed by atoms with Crippen molar-refractivity contribution < 1.29 is 14.4 Å². The fraction of sp³-hybridized carbons (Fsp3) is 0.857. The Morgan fingerprint density at radius 2 is 2.38 bits per heavy atom. The molecule has 76 valence electrons. The summed E-state index contributed by atoms with van der Waals surface area (Å²) in [5.74, 6) is -0.384. The van der Waals surface area contributed by atoms with Crippen LogP contribution < -0.4 is 16.2 Å². The van der Waals surface area contributed by atoms with Gasteiger partial charge >= 0.3 is 0 Å². The highest BCUT2D eigenvalue weighted by Gasteiger charge is 2.26. The van der Waals surface area contributed by atoms with Crippen LogP contribution in [-0.4, -0.2) is 43.3 Å². The number of amides is 1. The van der Waals surface area contributed by atoms with E-state index < -0.39 is 12.5 Å². The van der Waals surface area contributed by atoms with E-state index in [4.69, 9.17) is 5.11 Å². The lowest BCUT2D eigenvalue weighted by atomic mass is 10.1. The van der Waals surface area contributed by atoms with Crippen molar-refractivity contribution in [1.29, 1.82) is 0 Å². The fourth-order valence-corrected chi connectivity index (χ4v) is 1.38. The maximum atomic E-state index is 12.1. The van der Waals surface area contributed by atoms with Crippen LogP contribution in [0.4, 0.5) is 4.48 Å². The normalized spacial score (nSPS) is 27.5. The lowest BCUT2D eigenvalue weighted by Crippen LogP contribution is -2.39. The molecule has 0 aromatic heterocycles. The van der Waals surface area contributed by atoms with Crippen LogP contribution in [0.5, 0.6) is 0 Å². The molecule has 0 aromatic rings. The average Bonchev–Trinajstić information content (AvgIpc) is 2.61. The number of carbonyl (C=O) groups is 1. The summed E-state index contributed by atoms with van der Waals surface area (Å²) in [5, 5.41) is 13.9. The van der Waals surface area contributed by atoms with Crippen LogP contribution >= 0.6 is 0 Å². The van der Waals surface area contributed by atoms with Crippen LogP contribution in [0.3, 0.4) is 0 Å². The summed E-state index contributed by atoms with van der Waals surface area (Å²) in [6.45, 7) is 1.10. The number of carbonyl (C=O) groups excluding carboxylic acids is 1. The number of halogens is 1. The predicted octanol–water partition coefficient (Wildman–Crippen LogP) is -1.84. The molecule has 0 radical (unpaired) electrons. The topological polar surface area (TPSA) is 73.4 Å². The quantitative estimate of drug-likeness (QED) is 0.394. The molecule has 1 aliphatic heterocycles. The molecule has 5 nitrogen and oxygen atoms in total. The van der Waals surface area contributed by atoms with Crippen LogP contribution in [0.15, 0.2) is 0 Å². The summed E-state index contributed by atoms with van der Waals surface area (Å²) >= 11 is 0. The highest BCUT2D eigenvalue weighted by molar-refractivity contribution is 5.76. The zero-order valence-corrected chi connectivity index (χ0v) is 7.22. The molecule has 0 spiro atoms. The second-order valence-electron chi connectivity index (χ2n) is 3.10. The summed E-state index contributed by atoms with van der Waals surface area (Å²) in [7, 11) is 0. The molecule has 1 saturated heterocycles. The van der Waals surface area contributed by atoms with Crippen LogP contribution in [0.25, 0.3) is 0 Å². The van der Waals surface area contributed by atoms with Gasteiger partial charge in [-0.2, -0.15) is 5.54 Å². The first-order valence-electron chi connectivity index (χ1n) is 4.22. The minimum atomic E-state index is -0.520. The average molecular weight is 191 g/mol. The van der Waals surface area contributed by atoms with Crippen LogP contribution in [-0.2, 0) is 4.79 Å². The Bertz CT molecular complexity index is 179. The zero-order valence-electron chi connectivity index (χ0n) is 7.22. The molecule has 1 amide bonds. The molecule has 2 unspecified atom stereocenters. The lowest BCUT2D eigenvalue weighted by Gasteiger charge is -2.15. The summed E-state index contributed by atoms with van der Waals surface area (Å²) in [5.41, 5.74) is 1.68. The number of aliphatic hydroxyl groups is 1. The van der Waals surface area contributed by atoms with Crippen molar-refractivity contribution in [2.45, 2.75) is 6.04 Å². The van der Waals surface area contributed by atoms with Crippen LogP contribution in [0.1, 0.15) is 0 Å². The minimum absolute atomic E-state index is 0.0421. The zero-order chi connectivity index (χ0) is 9.68. The Morgan fingerprint density at radius 3 is 3.00 bits per heavy atom. The van der Waals surface area contributed by atoms with E-state index in [0.717, 1.165) is 0 Å². The SMILES string of the molecule is O=C(CO)NCC1CNCC1NF. The molecule has 0 saturated carbocycles. The molecule has 6 heteroatoms. The molecule has 4 N–H and O–H groups in total. The van der Waals surface area contributed by atoms with Crippen molar-refractivity contribution in [3.8, 4) is 0 Å². The molecule has 2 atom stereocenters. The first-order chi connectivity index (χ1) is 6.27. The van der Waals surface area contributed by atoms with Crippen molar-refractivity contribution in [1.82, 2.24) is 16.2 Å². The fourth-order valence-electron chi connectivity index (χ4n) is 1.38. The maximum absolute atomic E-state index is 12.1. The van der Waals surface area contributed by atoms with Gasteiger partial charge in [-0.1, -0.05) is 0 Å². The van der Waals surface area contributed by atoms with Gasteiger partial charge in [-0.05, 0) is 0 Å². The van der Waals surface area contributed by atoms with E-state index in [9.17, 15) is 9.28 Å². The van der Waals surface area contributed by atoms with Gasteiger partial charge in [-0.15, -0.1) is 4.48 Å². The number of hydrogen-bond acceptors (Lipinski definition) is 4. The second-order valence-corrected chi connectivity index (χ2v) is 3.10. The van der Waals surface area contributed by atoms with Crippen LogP contribution in [0.2, 0.25) is 0 Å². The summed E-state index contributed by atoms with van der Waals surface area (Å²) in [6, 6.07) is -0.251. The largest absolute Gasteiger partial charge is 0.387 e. The van der Waals surface area contributed by atoms with E-state index in [0.29, 0.717) is 19.6 Å². The van der Waals surface area contributed by atoms with E-state index in [1.807, 2.05) is 0 Å². The van der Waals surface area contributed by atoms with Crippen molar-refractivity contribution in [3.05, 3.63) is 0 Å². The van der Waals surface area contributed by atoms with Gasteiger partial charge in [0.15, 0.2) is 0 Å². The number of nitrogens with one attached hydrogen (secondary N) is 3. The van der Waals surface area contributed by atoms with Gasteiger partial charge in [0.05, 0.1) is 6.04 Å². The summed E-state index contributed by atoms with van der Waals surface area (Å²) in [6.07, 6.45) is 0. The third kappa shape index (κ3) is 2.91. The molecule has 1 fully saturated rings. The molecule has 1 heterocycles. The lowest BCUT2D eigenvalue weighted by molar-refractivity contribution is -0.124. The Kier molecular flexibility index (Phi) is 4.07. The van der Waals surface area contributed by atoms with Gasteiger partial charge in [0.1, 0.15) is 6.61 Å². The van der Waals surface area contributed by atoms with Crippen molar-refractivity contribution in [2.24, 2.45) is 5.92 Å². The Morgan fingerprint density at radius 1 is 1.62 bits per heavy atom. The van der Waals surface area contributed by atoms with Crippen molar-refractivity contribution in [3.63, 3.8) is 0 Å². The van der Waals surface area contributed by atoms with Gasteiger partial charge in [0, 0.05) is 25.6 Å². The Labute approximate surface area is 75.6 Å². The first-order valence-corrected chi connectivity index (χ1v) is 4.22. The van der Waals surface area contributed by atoms with Gasteiger partial charge < -0.3 is 15.7 Å². The van der Waals surface area contributed by atoms with E-state index in [1.165, 1.54) is 0 Å². The molecule has 1 aliphatic rings. The van der Waals surface area contributed by atoms with E-state index in [1.54, 1.807) is 5.54 Å².